The molecular formula is C12H24O. The lowest BCUT2D eigenvalue weighted by atomic mass is 9.82. The van der Waals surface area contributed by atoms with Gasteiger partial charge in [0, 0.05) is 6.61 Å². The monoisotopic (exact) mass is 184 g/mol. The summed E-state index contributed by atoms with van der Waals surface area (Å²) in [6.45, 7) is 7.92. The van der Waals surface area contributed by atoms with Crippen LogP contribution in [0.1, 0.15) is 52.9 Å². The second-order valence-electron chi connectivity index (χ2n) is 4.45. The Morgan fingerprint density at radius 2 is 2.15 bits per heavy atom. The van der Waals surface area contributed by atoms with Crippen molar-refractivity contribution in [3.8, 4) is 0 Å². The van der Waals surface area contributed by atoms with Gasteiger partial charge in [-0.1, -0.05) is 33.6 Å². The Balaban J connectivity index is 2.32. The first-order chi connectivity index (χ1) is 6.27. The van der Waals surface area contributed by atoms with Crippen molar-refractivity contribution in [2.24, 2.45) is 11.8 Å². The predicted molar refractivity (Wildman–Crippen MR) is 56.8 cm³/mol. The minimum Gasteiger partial charge on any atom is -0.378 e. The van der Waals surface area contributed by atoms with E-state index >= 15 is 0 Å². The predicted octanol–water partition coefficient (Wildman–Crippen LogP) is 3.63. The summed E-state index contributed by atoms with van der Waals surface area (Å²) in [4.78, 5) is 0. The fraction of sp³-hybridized carbons (Fsp3) is 1.00. The maximum Gasteiger partial charge on any atom is 0.0575 e. The molecule has 0 aliphatic carbocycles. The van der Waals surface area contributed by atoms with Gasteiger partial charge in [0.15, 0.2) is 0 Å². The van der Waals surface area contributed by atoms with E-state index in [2.05, 4.69) is 20.8 Å². The average molecular weight is 184 g/mol. The van der Waals surface area contributed by atoms with Crippen molar-refractivity contribution >= 4 is 0 Å². The van der Waals surface area contributed by atoms with E-state index < -0.39 is 0 Å². The molecule has 13 heavy (non-hydrogen) atoms. The molecule has 0 aromatic heterocycles. The van der Waals surface area contributed by atoms with Gasteiger partial charge >= 0.3 is 0 Å². The molecule has 0 saturated carbocycles. The first kappa shape index (κ1) is 11.0. The van der Waals surface area contributed by atoms with Gasteiger partial charge in [0.05, 0.1) is 6.10 Å². The van der Waals surface area contributed by atoms with Gasteiger partial charge in [-0.2, -0.15) is 0 Å². The third kappa shape index (κ3) is 3.30. The summed E-state index contributed by atoms with van der Waals surface area (Å²) in [5, 5.41) is 0. The summed E-state index contributed by atoms with van der Waals surface area (Å²) in [5.41, 5.74) is 0. The summed E-state index contributed by atoms with van der Waals surface area (Å²) in [7, 11) is 0. The molecule has 78 valence electrons. The van der Waals surface area contributed by atoms with Gasteiger partial charge in [-0.15, -0.1) is 0 Å². The topological polar surface area (TPSA) is 9.23 Å². The average Bonchev–Trinajstić information content (AvgIpc) is 2.18. The van der Waals surface area contributed by atoms with E-state index in [1.165, 1.54) is 32.1 Å². The van der Waals surface area contributed by atoms with Crippen LogP contribution in [0.3, 0.4) is 0 Å². The molecule has 1 aliphatic heterocycles. The molecule has 1 nitrogen and oxygen atoms in total. The van der Waals surface area contributed by atoms with Crippen LogP contribution in [0.5, 0.6) is 0 Å². The third-order valence-electron chi connectivity index (χ3n) is 3.41. The van der Waals surface area contributed by atoms with E-state index in [4.69, 9.17) is 4.74 Å². The van der Waals surface area contributed by atoms with Gasteiger partial charge in [-0.3, -0.25) is 0 Å². The second kappa shape index (κ2) is 5.64. The standard InChI is InChI=1S/C12H24O/c1-4-6-10(3)11-7-8-13-12(5-2)9-11/h10-12H,4-9H2,1-3H3. The highest BCUT2D eigenvalue weighted by Gasteiger charge is 2.24. The lowest BCUT2D eigenvalue weighted by Crippen LogP contribution is -2.28. The first-order valence-electron chi connectivity index (χ1n) is 5.89. The molecule has 0 spiro atoms. The number of ether oxygens (including phenoxy) is 1. The highest BCUT2D eigenvalue weighted by molar-refractivity contribution is 4.74. The molecule has 0 radical (unpaired) electrons. The number of rotatable bonds is 4. The summed E-state index contributed by atoms with van der Waals surface area (Å²) in [5.74, 6) is 1.83. The fourth-order valence-corrected chi connectivity index (χ4v) is 2.40. The lowest BCUT2D eigenvalue weighted by molar-refractivity contribution is -0.0229. The van der Waals surface area contributed by atoms with Crippen molar-refractivity contribution in [3.63, 3.8) is 0 Å². The van der Waals surface area contributed by atoms with Crippen LogP contribution < -0.4 is 0 Å². The minimum atomic E-state index is 0.554. The first-order valence-corrected chi connectivity index (χ1v) is 5.89. The normalized spacial score (nSPS) is 31.6. The van der Waals surface area contributed by atoms with Crippen LogP contribution in [0.25, 0.3) is 0 Å². The largest absolute Gasteiger partial charge is 0.378 e. The van der Waals surface area contributed by atoms with Crippen LogP contribution in [-0.4, -0.2) is 12.7 Å². The molecule has 3 atom stereocenters. The Morgan fingerprint density at radius 3 is 2.77 bits per heavy atom. The minimum absolute atomic E-state index is 0.554. The molecule has 1 heterocycles. The van der Waals surface area contributed by atoms with Gasteiger partial charge < -0.3 is 4.74 Å². The van der Waals surface area contributed by atoms with Crippen LogP contribution in [-0.2, 0) is 4.74 Å². The van der Waals surface area contributed by atoms with Crippen LogP contribution >= 0.6 is 0 Å². The Kier molecular flexibility index (Phi) is 4.79. The van der Waals surface area contributed by atoms with E-state index in [9.17, 15) is 0 Å². The summed E-state index contributed by atoms with van der Waals surface area (Å²) < 4.78 is 5.69. The molecule has 0 aromatic rings. The quantitative estimate of drug-likeness (QED) is 0.648. The second-order valence-corrected chi connectivity index (χ2v) is 4.45. The summed E-state index contributed by atoms with van der Waals surface area (Å²) in [6, 6.07) is 0. The van der Waals surface area contributed by atoms with E-state index in [0.29, 0.717) is 6.10 Å². The van der Waals surface area contributed by atoms with Crippen molar-refractivity contribution in [1.29, 1.82) is 0 Å². The van der Waals surface area contributed by atoms with Gasteiger partial charge in [0.1, 0.15) is 0 Å². The van der Waals surface area contributed by atoms with Crippen molar-refractivity contribution < 1.29 is 4.74 Å². The maximum absolute atomic E-state index is 5.69. The molecule has 1 aliphatic rings. The van der Waals surface area contributed by atoms with Crippen molar-refractivity contribution in [3.05, 3.63) is 0 Å². The molecule has 0 amide bonds. The van der Waals surface area contributed by atoms with Gasteiger partial charge in [-0.25, -0.2) is 0 Å². The van der Waals surface area contributed by atoms with Crippen LogP contribution in [0, 0.1) is 11.8 Å². The van der Waals surface area contributed by atoms with Crippen LogP contribution in [0.2, 0.25) is 0 Å². The zero-order valence-corrected chi connectivity index (χ0v) is 9.38. The van der Waals surface area contributed by atoms with Gasteiger partial charge in [0.25, 0.3) is 0 Å². The van der Waals surface area contributed by atoms with Gasteiger partial charge in [0.2, 0.25) is 0 Å². The zero-order valence-electron chi connectivity index (χ0n) is 9.38. The van der Waals surface area contributed by atoms with Crippen LogP contribution in [0.4, 0.5) is 0 Å². The lowest BCUT2D eigenvalue weighted by Gasteiger charge is -2.32. The molecule has 1 heteroatoms. The Labute approximate surface area is 82.9 Å². The van der Waals surface area contributed by atoms with Crippen molar-refractivity contribution in [2.75, 3.05) is 6.61 Å². The molecule has 3 unspecified atom stereocenters. The van der Waals surface area contributed by atoms with E-state index in [1.54, 1.807) is 0 Å². The molecule has 0 N–H and O–H groups in total. The van der Waals surface area contributed by atoms with Crippen molar-refractivity contribution in [1.82, 2.24) is 0 Å². The Morgan fingerprint density at radius 1 is 1.38 bits per heavy atom. The summed E-state index contributed by atoms with van der Waals surface area (Å²) in [6.07, 6.45) is 7.05. The highest BCUT2D eigenvalue weighted by Crippen LogP contribution is 2.30. The maximum atomic E-state index is 5.69. The molecule has 1 saturated heterocycles. The summed E-state index contributed by atoms with van der Waals surface area (Å²) >= 11 is 0. The SMILES string of the molecule is CCCC(C)C1CCOC(CC)C1. The third-order valence-corrected chi connectivity index (χ3v) is 3.41. The zero-order chi connectivity index (χ0) is 9.68. The highest BCUT2D eigenvalue weighted by atomic mass is 16.5. The Bertz CT molecular complexity index is 133. The smallest absolute Gasteiger partial charge is 0.0575 e. The van der Waals surface area contributed by atoms with E-state index in [0.717, 1.165) is 18.4 Å². The molecule has 1 rings (SSSR count). The molecule has 0 aromatic carbocycles. The van der Waals surface area contributed by atoms with E-state index in [1.807, 2.05) is 0 Å². The number of hydrogen-bond donors (Lipinski definition) is 0. The number of hydrogen-bond acceptors (Lipinski definition) is 1. The Hall–Kier alpha value is -0.0400. The molecule has 0 bridgehead atoms. The fourth-order valence-electron chi connectivity index (χ4n) is 2.40. The van der Waals surface area contributed by atoms with Crippen molar-refractivity contribution in [2.45, 2.75) is 59.0 Å². The molecular weight excluding hydrogens is 160 g/mol. The van der Waals surface area contributed by atoms with E-state index in [-0.39, 0.29) is 0 Å². The molecule has 1 fully saturated rings. The van der Waals surface area contributed by atoms with Crippen LogP contribution in [0.15, 0.2) is 0 Å². The van der Waals surface area contributed by atoms with Gasteiger partial charge in [-0.05, 0) is 31.1 Å².